The number of fused-ring (bicyclic) bond motifs is 1. The van der Waals surface area contributed by atoms with Gasteiger partial charge in [0.2, 0.25) is 5.91 Å². The number of rotatable bonds is 3. The Morgan fingerprint density at radius 1 is 1.13 bits per heavy atom. The Labute approximate surface area is 179 Å². The monoisotopic (exact) mass is 421 g/mol. The van der Waals surface area contributed by atoms with Crippen LogP contribution in [0, 0.1) is 0 Å². The van der Waals surface area contributed by atoms with Crippen LogP contribution < -0.4 is 0 Å². The lowest BCUT2D eigenvalue weighted by atomic mass is 9.91. The molecule has 154 valence electrons. The summed E-state index contributed by atoms with van der Waals surface area (Å²) < 4.78 is 5.35. The smallest absolute Gasteiger partial charge is 0.290 e. The van der Waals surface area contributed by atoms with Gasteiger partial charge in [-0.1, -0.05) is 24.3 Å². The number of carbonyl (C=O) groups excluding carboxylic acids is 2. The van der Waals surface area contributed by atoms with E-state index in [1.165, 1.54) is 6.26 Å². The molecule has 0 N–H and O–H groups in total. The first kappa shape index (κ1) is 19.1. The van der Waals surface area contributed by atoms with Crippen LogP contribution in [0.3, 0.4) is 0 Å². The second kappa shape index (κ2) is 8.07. The molecule has 1 saturated heterocycles. The van der Waals surface area contributed by atoms with Gasteiger partial charge in [-0.2, -0.15) is 0 Å². The fourth-order valence-corrected chi connectivity index (χ4v) is 5.29. The average molecular weight is 422 g/mol. The highest BCUT2D eigenvalue weighted by Crippen LogP contribution is 2.31. The number of benzene rings is 1. The van der Waals surface area contributed by atoms with Crippen LogP contribution in [0.15, 0.2) is 58.7 Å². The standard InChI is InChI=1S/C23H23N3O3S/c27-22(25-10-3-7-18(14-25)21-24-9-12-30-21)19-13-16-5-1-2-6-17(16)15-26(19)23(28)20-8-4-11-29-20/h1-2,4-6,8-9,11-12,18-19H,3,7,10,13-15H2. The number of aromatic nitrogens is 1. The van der Waals surface area contributed by atoms with Gasteiger partial charge >= 0.3 is 0 Å². The molecule has 7 heteroatoms. The molecule has 30 heavy (non-hydrogen) atoms. The van der Waals surface area contributed by atoms with Crippen molar-refractivity contribution in [3.05, 3.63) is 76.1 Å². The van der Waals surface area contributed by atoms with Gasteiger partial charge in [0.1, 0.15) is 6.04 Å². The summed E-state index contributed by atoms with van der Waals surface area (Å²) in [5.41, 5.74) is 2.22. The third-order valence-corrected chi connectivity index (χ3v) is 7.00. The molecule has 6 nitrogen and oxygen atoms in total. The van der Waals surface area contributed by atoms with Gasteiger partial charge in [-0.05, 0) is 36.1 Å². The van der Waals surface area contributed by atoms with Crippen LogP contribution in [-0.4, -0.2) is 45.7 Å². The fraction of sp³-hybridized carbons (Fsp3) is 0.348. The summed E-state index contributed by atoms with van der Waals surface area (Å²) in [6, 6.07) is 10.9. The van der Waals surface area contributed by atoms with E-state index < -0.39 is 6.04 Å². The molecule has 2 aliphatic heterocycles. The van der Waals surface area contributed by atoms with Crippen LogP contribution in [0.4, 0.5) is 0 Å². The number of thiazole rings is 1. The highest BCUT2D eigenvalue weighted by molar-refractivity contribution is 7.09. The highest BCUT2D eigenvalue weighted by Gasteiger charge is 2.39. The minimum atomic E-state index is -0.521. The molecule has 2 unspecified atom stereocenters. The molecular weight excluding hydrogens is 398 g/mol. The summed E-state index contributed by atoms with van der Waals surface area (Å²) in [5, 5.41) is 3.07. The van der Waals surface area contributed by atoms with Crippen LogP contribution in [0.25, 0.3) is 0 Å². The molecule has 5 rings (SSSR count). The van der Waals surface area contributed by atoms with Crippen molar-refractivity contribution in [3.63, 3.8) is 0 Å². The second-order valence-corrected chi connectivity index (χ2v) is 8.82. The summed E-state index contributed by atoms with van der Waals surface area (Å²) >= 11 is 1.65. The van der Waals surface area contributed by atoms with Crippen LogP contribution in [0.5, 0.6) is 0 Å². The molecule has 0 saturated carbocycles. The summed E-state index contributed by atoms with van der Waals surface area (Å²) in [4.78, 5) is 34.9. The molecule has 2 aliphatic rings. The van der Waals surface area contributed by atoms with Gasteiger partial charge in [0.25, 0.3) is 5.91 Å². The molecule has 3 aromatic rings. The molecule has 2 aromatic heterocycles. The van der Waals surface area contributed by atoms with Crippen molar-refractivity contribution < 1.29 is 14.0 Å². The Morgan fingerprint density at radius 2 is 2.00 bits per heavy atom. The zero-order valence-corrected chi connectivity index (χ0v) is 17.4. The first-order valence-electron chi connectivity index (χ1n) is 10.3. The molecule has 0 aliphatic carbocycles. The van der Waals surface area contributed by atoms with Crippen molar-refractivity contribution in [1.29, 1.82) is 0 Å². The molecule has 0 radical (unpaired) electrons. The zero-order valence-electron chi connectivity index (χ0n) is 16.6. The number of furan rings is 1. The maximum Gasteiger partial charge on any atom is 0.290 e. The van der Waals surface area contributed by atoms with Crippen LogP contribution in [-0.2, 0) is 17.8 Å². The number of carbonyl (C=O) groups is 2. The first-order chi connectivity index (χ1) is 14.7. The molecular formula is C23H23N3O3S. The lowest BCUT2D eigenvalue weighted by Crippen LogP contribution is -2.55. The zero-order chi connectivity index (χ0) is 20.5. The van der Waals surface area contributed by atoms with Crippen molar-refractivity contribution in [2.45, 2.75) is 37.8 Å². The van der Waals surface area contributed by atoms with Crippen molar-refractivity contribution >= 4 is 23.2 Å². The molecule has 0 spiro atoms. The van der Waals surface area contributed by atoms with Crippen molar-refractivity contribution in [3.8, 4) is 0 Å². The predicted octanol–water partition coefficient (Wildman–Crippen LogP) is 3.71. The fourth-order valence-electron chi connectivity index (χ4n) is 4.52. The van der Waals surface area contributed by atoms with Gasteiger partial charge in [-0.25, -0.2) is 4.98 Å². The lowest BCUT2D eigenvalue weighted by Gasteiger charge is -2.40. The minimum Gasteiger partial charge on any atom is -0.459 e. The van der Waals surface area contributed by atoms with Crippen LogP contribution in [0.1, 0.15) is 45.4 Å². The van der Waals surface area contributed by atoms with E-state index >= 15 is 0 Å². The predicted molar refractivity (Wildman–Crippen MR) is 113 cm³/mol. The summed E-state index contributed by atoms with van der Waals surface area (Å²) in [6.07, 6.45) is 5.83. The summed E-state index contributed by atoms with van der Waals surface area (Å²) in [7, 11) is 0. The number of hydrogen-bond acceptors (Lipinski definition) is 5. The van der Waals surface area contributed by atoms with E-state index in [1.807, 2.05) is 34.7 Å². The Hall–Kier alpha value is -2.93. The molecule has 0 bridgehead atoms. The number of nitrogens with zero attached hydrogens (tertiary/aromatic N) is 3. The maximum absolute atomic E-state index is 13.6. The molecule has 1 aromatic carbocycles. The first-order valence-corrected chi connectivity index (χ1v) is 11.2. The van der Waals surface area contributed by atoms with Gasteiger partial charge in [-0.3, -0.25) is 9.59 Å². The quantitative estimate of drug-likeness (QED) is 0.647. The lowest BCUT2D eigenvalue weighted by molar-refractivity contribution is -0.138. The average Bonchev–Trinajstić information content (AvgIpc) is 3.52. The Morgan fingerprint density at radius 3 is 2.77 bits per heavy atom. The normalized spacial score (nSPS) is 21.3. The molecule has 2 amide bonds. The Balaban J connectivity index is 1.42. The number of likely N-dealkylation sites (tertiary alicyclic amines) is 1. The van der Waals surface area contributed by atoms with Crippen LogP contribution in [0.2, 0.25) is 0 Å². The summed E-state index contributed by atoms with van der Waals surface area (Å²) in [6.45, 7) is 1.80. The van der Waals surface area contributed by atoms with Crippen molar-refractivity contribution in [2.75, 3.05) is 13.1 Å². The van der Waals surface area contributed by atoms with Crippen molar-refractivity contribution in [2.24, 2.45) is 0 Å². The topological polar surface area (TPSA) is 66.7 Å². The van der Waals surface area contributed by atoms with Gasteiger partial charge in [-0.15, -0.1) is 11.3 Å². The second-order valence-electron chi connectivity index (χ2n) is 7.89. The third-order valence-electron chi connectivity index (χ3n) is 6.06. The maximum atomic E-state index is 13.6. The SMILES string of the molecule is O=C(C1Cc2ccccc2CN1C(=O)c1ccco1)N1CCCC(c2nccs2)C1. The Kier molecular flexibility index (Phi) is 5.12. The number of amides is 2. The molecule has 2 atom stereocenters. The Bertz CT molecular complexity index is 1030. The third kappa shape index (κ3) is 3.54. The largest absolute Gasteiger partial charge is 0.459 e. The van der Waals surface area contributed by atoms with E-state index in [4.69, 9.17) is 4.42 Å². The van der Waals surface area contributed by atoms with Crippen LogP contribution >= 0.6 is 11.3 Å². The van der Waals surface area contributed by atoms with Gasteiger partial charge < -0.3 is 14.2 Å². The molecule has 1 fully saturated rings. The van der Waals surface area contributed by atoms with Crippen molar-refractivity contribution in [1.82, 2.24) is 14.8 Å². The van der Waals surface area contributed by atoms with Gasteiger partial charge in [0, 0.05) is 43.5 Å². The van der Waals surface area contributed by atoms with E-state index in [1.54, 1.807) is 28.4 Å². The highest BCUT2D eigenvalue weighted by atomic mass is 32.1. The molecule has 4 heterocycles. The van der Waals surface area contributed by atoms with E-state index in [-0.39, 0.29) is 23.5 Å². The van der Waals surface area contributed by atoms with E-state index in [0.717, 1.165) is 35.5 Å². The number of hydrogen-bond donors (Lipinski definition) is 0. The van der Waals surface area contributed by atoms with E-state index in [9.17, 15) is 9.59 Å². The van der Waals surface area contributed by atoms with Gasteiger partial charge in [0.15, 0.2) is 5.76 Å². The number of piperidine rings is 1. The summed E-state index contributed by atoms with van der Waals surface area (Å²) in [5.74, 6) is 0.325. The van der Waals surface area contributed by atoms with Gasteiger partial charge in [0.05, 0.1) is 11.3 Å². The minimum absolute atomic E-state index is 0.0191. The van der Waals surface area contributed by atoms with E-state index in [2.05, 4.69) is 11.1 Å². The van der Waals surface area contributed by atoms with E-state index in [0.29, 0.717) is 19.5 Å².